The molecule has 2 rings (SSSR count). The molecule has 90 valence electrons. The number of aryl methyl sites for hydroxylation is 2. The fraction of sp³-hybridized carbons (Fsp3) is 0.357. The quantitative estimate of drug-likeness (QED) is 0.857. The summed E-state index contributed by atoms with van der Waals surface area (Å²) in [6, 6.07) is 11.8. The molecule has 17 heavy (non-hydrogen) atoms. The standard InChI is InChI=1S/C14H18N2O/c1-2-16-13(10-11-15-16)8-9-14(17)12-6-4-3-5-7-12/h3-7,10-11,14,17H,2,8-9H2,1H3. The highest BCUT2D eigenvalue weighted by molar-refractivity contribution is 5.17. The van der Waals surface area contributed by atoms with Gasteiger partial charge in [0.2, 0.25) is 0 Å². The molecule has 3 nitrogen and oxygen atoms in total. The minimum absolute atomic E-state index is 0.392. The van der Waals surface area contributed by atoms with Crippen LogP contribution in [0, 0.1) is 0 Å². The van der Waals surface area contributed by atoms with E-state index in [9.17, 15) is 5.11 Å². The van der Waals surface area contributed by atoms with Gasteiger partial charge in [-0.1, -0.05) is 30.3 Å². The molecule has 0 saturated carbocycles. The minimum Gasteiger partial charge on any atom is -0.388 e. The number of hydrogen-bond donors (Lipinski definition) is 1. The zero-order valence-electron chi connectivity index (χ0n) is 10.1. The van der Waals surface area contributed by atoms with Crippen molar-refractivity contribution in [3.63, 3.8) is 0 Å². The topological polar surface area (TPSA) is 38.0 Å². The molecule has 0 saturated heterocycles. The van der Waals surface area contributed by atoms with Gasteiger partial charge in [-0.2, -0.15) is 5.10 Å². The van der Waals surface area contributed by atoms with Crippen molar-refractivity contribution in [1.29, 1.82) is 0 Å². The molecule has 1 atom stereocenters. The SMILES string of the molecule is CCn1nccc1CCC(O)c1ccccc1. The van der Waals surface area contributed by atoms with E-state index < -0.39 is 6.10 Å². The molecule has 0 radical (unpaired) electrons. The van der Waals surface area contributed by atoms with E-state index in [2.05, 4.69) is 12.0 Å². The molecule has 0 amide bonds. The van der Waals surface area contributed by atoms with Gasteiger partial charge in [-0.15, -0.1) is 0 Å². The first kappa shape index (κ1) is 11.9. The second-order valence-corrected chi connectivity index (χ2v) is 4.10. The van der Waals surface area contributed by atoms with Crippen LogP contribution in [0.3, 0.4) is 0 Å². The number of rotatable bonds is 5. The Kier molecular flexibility index (Phi) is 3.94. The predicted octanol–water partition coefficient (Wildman–Crippen LogP) is 2.57. The molecular weight excluding hydrogens is 212 g/mol. The van der Waals surface area contributed by atoms with E-state index in [1.54, 1.807) is 0 Å². The zero-order chi connectivity index (χ0) is 12.1. The lowest BCUT2D eigenvalue weighted by Gasteiger charge is -2.11. The van der Waals surface area contributed by atoms with Gasteiger partial charge in [0.25, 0.3) is 0 Å². The fourth-order valence-electron chi connectivity index (χ4n) is 1.98. The van der Waals surface area contributed by atoms with E-state index in [1.165, 1.54) is 5.69 Å². The van der Waals surface area contributed by atoms with Crippen molar-refractivity contribution in [1.82, 2.24) is 9.78 Å². The molecule has 0 fully saturated rings. The van der Waals surface area contributed by atoms with Gasteiger partial charge in [-0.3, -0.25) is 4.68 Å². The molecule has 1 aromatic carbocycles. The maximum Gasteiger partial charge on any atom is 0.0793 e. The smallest absolute Gasteiger partial charge is 0.0793 e. The Morgan fingerprint density at radius 3 is 2.71 bits per heavy atom. The van der Waals surface area contributed by atoms with Gasteiger partial charge in [0.05, 0.1) is 6.10 Å². The normalized spacial score (nSPS) is 12.6. The maximum absolute atomic E-state index is 10.1. The average Bonchev–Trinajstić information content (AvgIpc) is 2.84. The van der Waals surface area contributed by atoms with Crippen LogP contribution in [0.1, 0.15) is 30.7 Å². The molecule has 0 aliphatic heterocycles. The molecule has 0 spiro atoms. The summed E-state index contributed by atoms with van der Waals surface area (Å²) < 4.78 is 1.97. The van der Waals surface area contributed by atoms with Gasteiger partial charge in [0.15, 0.2) is 0 Å². The summed E-state index contributed by atoms with van der Waals surface area (Å²) in [4.78, 5) is 0. The Bertz CT molecular complexity index is 450. The number of aliphatic hydroxyl groups excluding tert-OH is 1. The maximum atomic E-state index is 10.1. The minimum atomic E-state index is -0.392. The van der Waals surface area contributed by atoms with Crippen molar-refractivity contribution in [3.05, 3.63) is 53.9 Å². The number of benzene rings is 1. The highest BCUT2D eigenvalue weighted by atomic mass is 16.3. The summed E-state index contributed by atoms with van der Waals surface area (Å²) >= 11 is 0. The van der Waals surface area contributed by atoms with Gasteiger partial charge in [0, 0.05) is 18.4 Å². The van der Waals surface area contributed by atoms with Gasteiger partial charge in [-0.25, -0.2) is 0 Å². The average molecular weight is 230 g/mol. The molecule has 1 N–H and O–H groups in total. The van der Waals surface area contributed by atoms with Crippen LogP contribution in [0.25, 0.3) is 0 Å². The lowest BCUT2D eigenvalue weighted by Crippen LogP contribution is -2.05. The summed E-state index contributed by atoms with van der Waals surface area (Å²) in [6.45, 7) is 2.95. The summed E-state index contributed by atoms with van der Waals surface area (Å²) in [5.41, 5.74) is 2.16. The van der Waals surface area contributed by atoms with Gasteiger partial charge in [0.1, 0.15) is 0 Å². The van der Waals surface area contributed by atoms with Gasteiger partial charge >= 0.3 is 0 Å². The molecule has 0 bridgehead atoms. The molecule has 0 aliphatic carbocycles. The second kappa shape index (κ2) is 5.64. The van der Waals surface area contributed by atoms with E-state index in [4.69, 9.17) is 0 Å². The molecule has 1 heterocycles. The first-order valence-corrected chi connectivity index (χ1v) is 6.05. The Morgan fingerprint density at radius 1 is 1.24 bits per heavy atom. The van der Waals surface area contributed by atoms with Crippen molar-refractivity contribution in [3.8, 4) is 0 Å². The molecule has 3 heteroatoms. The lowest BCUT2D eigenvalue weighted by molar-refractivity contribution is 0.167. The number of aromatic nitrogens is 2. The van der Waals surface area contributed by atoms with Crippen molar-refractivity contribution in [2.24, 2.45) is 0 Å². The fourth-order valence-corrected chi connectivity index (χ4v) is 1.98. The lowest BCUT2D eigenvalue weighted by atomic mass is 10.0. The van der Waals surface area contributed by atoms with Crippen LogP contribution >= 0.6 is 0 Å². The van der Waals surface area contributed by atoms with Crippen LogP contribution in [-0.4, -0.2) is 14.9 Å². The third-order valence-corrected chi connectivity index (χ3v) is 2.96. The van der Waals surface area contributed by atoms with E-state index in [-0.39, 0.29) is 0 Å². The monoisotopic (exact) mass is 230 g/mol. The molecule has 1 unspecified atom stereocenters. The van der Waals surface area contributed by atoms with E-state index in [1.807, 2.05) is 47.3 Å². The highest BCUT2D eigenvalue weighted by Gasteiger charge is 2.08. The van der Waals surface area contributed by atoms with Crippen LogP contribution in [0.15, 0.2) is 42.6 Å². The van der Waals surface area contributed by atoms with E-state index in [0.717, 1.165) is 24.9 Å². The second-order valence-electron chi connectivity index (χ2n) is 4.10. The van der Waals surface area contributed by atoms with Crippen molar-refractivity contribution in [2.45, 2.75) is 32.4 Å². The van der Waals surface area contributed by atoms with Crippen LogP contribution in [0.2, 0.25) is 0 Å². The first-order valence-electron chi connectivity index (χ1n) is 6.05. The largest absolute Gasteiger partial charge is 0.388 e. The molecule has 1 aromatic heterocycles. The third-order valence-electron chi connectivity index (χ3n) is 2.96. The number of hydrogen-bond acceptors (Lipinski definition) is 2. The summed E-state index contributed by atoms with van der Waals surface area (Å²) in [7, 11) is 0. The van der Waals surface area contributed by atoms with Gasteiger partial charge in [-0.05, 0) is 31.4 Å². The Balaban J connectivity index is 1.95. The van der Waals surface area contributed by atoms with Crippen molar-refractivity contribution in [2.75, 3.05) is 0 Å². The number of aliphatic hydroxyl groups is 1. The zero-order valence-corrected chi connectivity index (χ0v) is 10.1. The summed E-state index contributed by atoms with van der Waals surface area (Å²) in [5, 5.41) is 14.3. The Hall–Kier alpha value is -1.61. The van der Waals surface area contributed by atoms with Crippen molar-refractivity contribution >= 4 is 0 Å². The molecule has 0 aliphatic rings. The highest BCUT2D eigenvalue weighted by Crippen LogP contribution is 2.18. The van der Waals surface area contributed by atoms with Crippen LogP contribution in [0.4, 0.5) is 0 Å². The van der Waals surface area contributed by atoms with Gasteiger partial charge < -0.3 is 5.11 Å². The number of nitrogens with zero attached hydrogens (tertiary/aromatic N) is 2. The predicted molar refractivity (Wildman–Crippen MR) is 67.6 cm³/mol. The Morgan fingerprint density at radius 2 is 2.00 bits per heavy atom. The summed E-state index contributed by atoms with van der Waals surface area (Å²) in [6.07, 6.45) is 3.00. The molecular formula is C14H18N2O. The Labute approximate surface area is 102 Å². The first-order chi connectivity index (χ1) is 8.31. The summed E-state index contributed by atoms with van der Waals surface area (Å²) in [5.74, 6) is 0. The van der Waals surface area contributed by atoms with Crippen molar-refractivity contribution < 1.29 is 5.11 Å². The van der Waals surface area contributed by atoms with Crippen LogP contribution < -0.4 is 0 Å². The molecule has 2 aromatic rings. The van der Waals surface area contributed by atoms with Crippen LogP contribution in [0.5, 0.6) is 0 Å². The third kappa shape index (κ3) is 2.94. The van der Waals surface area contributed by atoms with E-state index in [0.29, 0.717) is 0 Å². The van der Waals surface area contributed by atoms with Crippen LogP contribution in [-0.2, 0) is 13.0 Å². The van der Waals surface area contributed by atoms with E-state index >= 15 is 0 Å².